The van der Waals surface area contributed by atoms with Crippen LogP contribution in [0, 0.1) is 5.92 Å². The van der Waals surface area contributed by atoms with Gasteiger partial charge < -0.3 is 10.2 Å². The van der Waals surface area contributed by atoms with Gasteiger partial charge in [-0.15, -0.1) is 0 Å². The Kier molecular flexibility index (Phi) is 7.44. The van der Waals surface area contributed by atoms with Crippen LogP contribution in [-0.4, -0.2) is 51.2 Å². The molecule has 36 heavy (non-hydrogen) atoms. The second-order valence-electron chi connectivity index (χ2n) is 10.6. The Balaban J connectivity index is 1.09. The maximum absolute atomic E-state index is 13.0. The fourth-order valence-electron chi connectivity index (χ4n) is 5.85. The van der Waals surface area contributed by atoms with Gasteiger partial charge in [-0.2, -0.15) is 0 Å². The summed E-state index contributed by atoms with van der Waals surface area (Å²) in [6.07, 6.45) is 8.76. The van der Waals surface area contributed by atoms with E-state index in [0.717, 1.165) is 74.5 Å². The van der Waals surface area contributed by atoms with Gasteiger partial charge >= 0.3 is 0 Å². The predicted octanol–water partition coefficient (Wildman–Crippen LogP) is 5.02. The van der Waals surface area contributed by atoms with Gasteiger partial charge in [-0.05, 0) is 97.5 Å². The molecule has 1 aliphatic heterocycles. The van der Waals surface area contributed by atoms with Crippen molar-refractivity contribution in [2.45, 2.75) is 55.9 Å². The molecule has 5 rings (SSSR count). The molecule has 0 saturated heterocycles. The van der Waals surface area contributed by atoms with Gasteiger partial charge in [0.2, 0.25) is 0 Å². The monoisotopic (exact) mass is 504 g/mol. The van der Waals surface area contributed by atoms with Crippen LogP contribution < -0.4 is 5.32 Å². The highest BCUT2D eigenvalue weighted by atomic mass is 32.2. The summed E-state index contributed by atoms with van der Waals surface area (Å²) in [4.78, 5) is 16.0. The molecular weight excluding hydrogens is 468 g/mol. The summed E-state index contributed by atoms with van der Waals surface area (Å²) >= 11 is 0. The lowest BCUT2D eigenvalue weighted by Crippen LogP contribution is -2.38. The summed E-state index contributed by atoms with van der Waals surface area (Å²) in [5, 5.41) is 5.41. The normalized spacial score (nSPS) is 21.0. The highest BCUT2D eigenvalue weighted by Gasteiger charge is 2.24. The number of sulfone groups is 1. The number of nitrogens with one attached hydrogen (secondary N) is 1. The van der Waals surface area contributed by atoms with Crippen molar-refractivity contribution in [1.29, 1.82) is 0 Å². The fraction of sp³-hybridized carbons (Fsp3) is 0.433. The zero-order valence-electron chi connectivity index (χ0n) is 21.1. The van der Waals surface area contributed by atoms with Gasteiger partial charge in [0.1, 0.15) is 0 Å². The number of hydrogen-bond donors (Lipinski definition) is 1. The average Bonchev–Trinajstić information content (AvgIpc) is 3.09. The summed E-state index contributed by atoms with van der Waals surface area (Å²) in [7, 11) is -3.16. The Morgan fingerprint density at radius 1 is 0.917 bits per heavy atom. The van der Waals surface area contributed by atoms with Gasteiger partial charge in [0, 0.05) is 31.0 Å². The number of carbonyl (C=O) groups is 1. The Morgan fingerprint density at radius 2 is 1.64 bits per heavy atom. The molecule has 0 atom stereocenters. The third-order valence-electron chi connectivity index (χ3n) is 8.07. The van der Waals surface area contributed by atoms with Crippen LogP contribution in [0.4, 0.5) is 0 Å². The lowest BCUT2D eigenvalue weighted by molar-refractivity contribution is 0.0921. The van der Waals surface area contributed by atoms with Gasteiger partial charge in [-0.25, -0.2) is 8.42 Å². The van der Waals surface area contributed by atoms with Crippen molar-refractivity contribution in [2.24, 2.45) is 5.92 Å². The first-order chi connectivity index (χ1) is 17.4. The number of carbonyl (C=O) groups excluding carboxylic acids is 1. The second-order valence-corrected chi connectivity index (χ2v) is 12.6. The Bertz CT molecular complexity index is 1340. The second kappa shape index (κ2) is 10.7. The van der Waals surface area contributed by atoms with E-state index >= 15 is 0 Å². The molecule has 5 nitrogen and oxygen atoms in total. The predicted molar refractivity (Wildman–Crippen MR) is 145 cm³/mol. The number of nitrogens with zero attached hydrogens (tertiary/aromatic N) is 1. The fourth-order valence-corrected chi connectivity index (χ4v) is 6.52. The quantitative estimate of drug-likeness (QED) is 0.512. The maximum atomic E-state index is 13.0. The van der Waals surface area contributed by atoms with E-state index in [9.17, 15) is 13.2 Å². The molecule has 6 heteroatoms. The molecule has 0 spiro atoms. The Hall–Kier alpha value is -2.70. The third kappa shape index (κ3) is 5.81. The maximum Gasteiger partial charge on any atom is 0.252 e. The molecule has 1 heterocycles. The van der Waals surface area contributed by atoms with Gasteiger partial charge in [0.25, 0.3) is 5.91 Å². The Morgan fingerprint density at radius 3 is 2.42 bits per heavy atom. The molecule has 0 radical (unpaired) electrons. The van der Waals surface area contributed by atoms with Gasteiger partial charge in [-0.3, -0.25) is 4.79 Å². The minimum atomic E-state index is -3.16. The molecule has 1 saturated carbocycles. The molecule has 1 fully saturated rings. The summed E-state index contributed by atoms with van der Waals surface area (Å²) < 4.78 is 23.8. The molecule has 0 unspecified atom stereocenters. The molecule has 3 aromatic carbocycles. The van der Waals surface area contributed by atoms with Crippen molar-refractivity contribution in [2.75, 3.05) is 25.9 Å². The SMILES string of the molecule is CS(=O)(=O)c1ccc2c(c1)CCN(CCC1CCC(NC(=O)c3cccc4ccccc34)CC1)CC2. The molecule has 0 aromatic heterocycles. The number of hydrogen-bond acceptors (Lipinski definition) is 4. The molecule has 3 aromatic rings. The molecule has 1 amide bonds. The molecule has 1 N–H and O–H groups in total. The zero-order valence-corrected chi connectivity index (χ0v) is 21.9. The molecular formula is C30H36N2O3S. The van der Waals surface area contributed by atoms with Crippen LogP contribution in [0.25, 0.3) is 10.8 Å². The number of rotatable bonds is 6. The van der Waals surface area contributed by atoms with Gasteiger partial charge in [0.05, 0.1) is 4.90 Å². The van der Waals surface area contributed by atoms with E-state index in [4.69, 9.17) is 0 Å². The van der Waals surface area contributed by atoms with Gasteiger partial charge in [0.15, 0.2) is 9.84 Å². The number of fused-ring (bicyclic) bond motifs is 2. The van der Waals surface area contributed by atoms with E-state index in [-0.39, 0.29) is 11.9 Å². The molecule has 1 aliphatic carbocycles. The summed E-state index contributed by atoms with van der Waals surface area (Å²) in [5.74, 6) is 0.747. The van der Waals surface area contributed by atoms with Crippen molar-refractivity contribution in [3.63, 3.8) is 0 Å². The lowest BCUT2D eigenvalue weighted by atomic mass is 9.84. The summed E-state index contributed by atoms with van der Waals surface area (Å²) in [6, 6.07) is 19.9. The van der Waals surface area contributed by atoms with Gasteiger partial charge in [-0.1, -0.05) is 42.5 Å². The average molecular weight is 505 g/mol. The van der Waals surface area contributed by atoms with E-state index in [1.807, 2.05) is 54.6 Å². The number of amides is 1. The minimum Gasteiger partial charge on any atom is -0.349 e. The van der Waals surface area contributed by atoms with Crippen molar-refractivity contribution in [3.05, 3.63) is 77.4 Å². The van der Waals surface area contributed by atoms with Crippen LogP contribution in [0.15, 0.2) is 65.6 Å². The smallest absolute Gasteiger partial charge is 0.252 e. The van der Waals surface area contributed by atoms with Crippen LogP contribution in [0.5, 0.6) is 0 Å². The highest BCUT2D eigenvalue weighted by molar-refractivity contribution is 7.90. The van der Waals surface area contributed by atoms with E-state index in [1.165, 1.54) is 23.8 Å². The minimum absolute atomic E-state index is 0.0402. The van der Waals surface area contributed by atoms with Crippen LogP contribution in [0.1, 0.15) is 53.6 Å². The van der Waals surface area contributed by atoms with E-state index in [1.54, 1.807) is 6.07 Å². The van der Waals surface area contributed by atoms with E-state index < -0.39 is 9.84 Å². The standard InChI is InChI=1S/C30H36N2O3S/c1-36(34,35)27-14-11-23-16-19-32(20-17-25(23)21-27)18-15-22-9-12-26(13-10-22)31-30(33)29-8-4-6-24-5-2-3-7-28(24)29/h2-8,11,14,21-22,26H,9-10,12-13,15-20H2,1H3,(H,31,33). The van der Waals surface area contributed by atoms with Crippen LogP contribution in [0.2, 0.25) is 0 Å². The van der Waals surface area contributed by atoms with E-state index in [0.29, 0.717) is 10.8 Å². The third-order valence-corrected chi connectivity index (χ3v) is 9.18. The zero-order chi connectivity index (χ0) is 25.1. The molecule has 190 valence electrons. The Labute approximate surface area is 214 Å². The highest BCUT2D eigenvalue weighted by Crippen LogP contribution is 2.28. The first-order valence-electron chi connectivity index (χ1n) is 13.2. The van der Waals surface area contributed by atoms with Crippen molar-refractivity contribution < 1.29 is 13.2 Å². The van der Waals surface area contributed by atoms with E-state index in [2.05, 4.69) is 10.2 Å². The van der Waals surface area contributed by atoms with Crippen molar-refractivity contribution >= 4 is 26.5 Å². The summed E-state index contributed by atoms with van der Waals surface area (Å²) in [5.41, 5.74) is 3.23. The lowest BCUT2D eigenvalue weighted by Gasteiger charge is -2.31. The topological polar surface area (TPSA) is 66.5 Å². The first kappa shape index (κ1) is 25.0. The van der Waals surface area contributed by atoms with Crippen molar-refractivity contribution in [1.82, 2.24) is 10.2 Å². The largest absolute Gasteiger partial charge is 0.349 e. The molecule has 0 bridgehead atoms. The summed E-state index contributed by atoms with van der Waals surface area (Å²) in [6.45, 7) is 3.10. The number of benzene rings is 3. The van der Waals surface area contributed by atoms with Crippen LogP contribution in [-0.2, 0) is 22.7 Å². The molecule has 2 aliphatic rings. The first-order valence-corrected chi connectivity index (χ1v) is 15.1. The van der Waals surface area contributed by atoms with Crippen molar-refractivity contribution in [3.8, 4) is 0 Å². The van der Waals surface area contributed by atoms with Crippen LogP contribution >= 0.6 is 0 Å². The van der Waals surface area contributed by atoms with Crippen LogP contribution in [0.3, 0.4) is 0 Å².